The molecule has 6 aromatic rings. The van der Waals surface area contributed by atoms with E-state index in [1.165, 1.54) is 13.8 Å². The van der Waals surface area contributed by atoms with Crippen LogP contribution in [0.4, 0.5) is 26.3 Å². The highest BCUT2D eigenvalue weighted by Gasteiger charge is 2.80. The van der Waals surface area contributed by atoms with Gasteiger partial charge in [-0.25, -0.2) is 0 Å². The van der Waals surface area contributed by atoms with E-state index in [1.807, 2.05) is 54.6 Å². The molecule has 1 aliphatic rings. The number of ether oxygens (including phenoxy) is 1. The fourth-order valence-corrected chi connectivity index (χ4v) is 10.1. The molecule has 0 atom stereocenters. The Labute approximate surface area is 312 Å². The Hall–Kier alpha value is -3.73. The molecule has 0 aliphatic heterocycles. The van der Waals surface area contributed by atoms with Crippen molar-refractivity contribution in [1.29, 1.82) is 0 Å². The monoisotopic (exact) mass is 766 g/mol. The van der Waals surface area contributed by atoms with Crippen molar-refractivity contribution in [2.45, 2.75) is 64.7 Å². The Balaban J connectivity index is 1.41. The summed E-state index contributed by atoms with van der Waals surface area (Å²) in [5.41, 5.74) is -1.22. The van der Waals surface area contributed by atoms with Gasteiger partial charge in [0.1, 0.15) is 5.75 Å². The first-order chi connectivity index (χ1) is 24.7. The lowest BCUT2D eigenvalue weighted by Crippen LogP contribution is -2.49. The van der Waals surface area contributed by atoms with Gasteiger partial charge in [-0.15, -0.1) is 22.7 Å². The molecule has 1 aliphatic carbocycles. The number of rotatable bonds is 10. The molecule has 1 nitrogen and oxygen atoms in total. The second-order valence-corrected chi connectivity index (χ2v) is 16.2. The van der Waals surface area contributed by atoms with Gasteiger partial charge in [-0.2, -0.15) is 39.0 Å². The lowest BCUT2D eigenvalue weighted by molar-refractivity contribution is -0.254. The summed E-state index contributed by atoms with van der Waals surface area (Å²) >= 11 is 6.50. The number of fused-ring (bicyclic) bond motifs is 2. The molecule has 0 saturated heterocycles. The molecule has 0 N–H and O–H groups in total. The first-order valence-corrected chi connectivity index (χ1v) is 19.3. The van der Waals surface area contributed by atoms with Crippen molar-refractivity contribution < 1.29 is 31.1 Å². The minimum absolute atomic E-state index is 0.245. The predicted molar refractivity (Wildman–Crippen MR) is 208 cm³/mol. The summed E-state index contributed by atoms with van der Waals surface area (Å²) in [4.78, 5) is 1.63. The Morgan fingerprint density at radius 1 is 0.596 bits per heavy atom. The van der Waals surface area contributed by atoms with Gasteiger partial charge in [0.15, 0.2) is 0 Å². The van der Waals surface area contributed by atoms with Gasteiger partial charge >= 0.3 is 17.8 Å². The van der Waals surface area contributed by atoms with Crippen LogP contribution in [0.3, 0.4) is 0 Å². The molecule has 270 valence electrons. The first-order valence-electron chi connectivity index (χ1n) is 17.1. The van der Waals surface area contributed by atoms with Crippen molar-refractivity contribution in [1.82, 2.24) is 0 Å². The zero-order valence-corrected chi connectivity index (χ0v) is 31.5. The lowest BCUT2D eigenvalue weighted by atomic mass is 9.88. The van der Waals surface area contributed by atoms with Crippen LogP contribution in [-0.2, 0) is 0 Å². The molecule has 0 radical (unpaired) electrons. The van der Waals surface area contributed by atoms with Crippen LogP contribution in [0, 0.1) is 27.7 Å². The third-order valence-corrected chi connectivity index (χ3v) is 12.8. The van der Waals surface area contributed by atoms with Crippen LogP contribution in [0.5, 0.6) is 5.75 Å². The van der Waals surface area contributed by atoms with Crippen LogP contribution in [0.2, 0.25) is 0 Å². The molecule has 0 unspecified atom stereocenters. The molecule has 2 heterocycles. The molecule has 0 spiro atoms. The molecule has 0 saturated carbocycles. The van der Waals surface area contributed by atoms with Crippen LogP contribution in [0.25, 0.3) is 53.6 Å². The summed E-state index contributed by atoms with van der Waals surface area (Å²) in [5, 5.41) is 3.51. The Kier molecular flexibility index (Phi) is 9.58. The van der Waals surface area contributed by atoms with E-state index >= 15 is 26.3 Å². The van der Waals surface area contributed by atoms with Crippen LogP contribution < -0.4 is 4.74 Å². The Morgan fingerprint density at radius 2 is 1.10 bits per heavy atom. The van der Waals surface area contributed by atoms with Gasteiger partial charge in [0.25, 0.3) is 0 Å². The highest BCUT2D eigenvalue weighted by atomic mass is 32.1. The molecule has 0 fully saturated rings. The van der Waals surface area contributed by atoms with Crippen molar-refractivity contribution >= 4 is 68.0 Å². The molecule has 2 aromatic heterocycles. The molecular weight excluding hydrogens is 731 g/mol. The maximum absolute atomic E-state index is 16.3. The molecule has 4 aromatic carbocycles. The number of hydrogen-bond donors (Lipinski definition) is 1. The Morgan fingerprint density at radius 3 is 1.63 bits per heavy atom. The SMILES string of the molecule is Cc1sc(-c2ccc(OCCCCCS)cc2)c(C)c1C1=C(c2c(C)sc(-c3c4ccccc4cc4ccccc34)c2C)C(F)(F)C(F)(F)C1(F)F. The second kappa shape index (κ2) is 13.6. The largest absolute Gasteiger partial charge is 0.494 e. The van der Waals surface area contributed by atoms with Gasteiger partial charge < -0.3 is 4.74 Å². The molecule has 52 heavy (non-hydrogen) atoms. The molecule has 10 heteroatoms. The number of alkyl halides is 6. The number of aryl methyl sites for hydroxylation is 2. The normalized spacial score (nSPS) is 16.4. The summed E-state index contributed by atoms with van der Waals surface area (Å²) < 4.78 is 102. The number of hydrogen-bond acceptors (Lipinski definition) is 4. The average molecular weight is 767 g/mol. The van der Waals surface area contributed by atoms with E-state index in [9.17, 15) is 0 Å². The third kappa shape index (κ3) is 5.67. The van der Waals surface area contributed by atoms with Crippen molar-refractivity contribution in [3.05, 3.63) is 111 Å². The zero-order valence-electron chi connectivity index (χ0n) is 29.0. The predicted octanol–water partition coefficient (Wildman–Crippen LogP) is 14.0. The number of unbranched alkanes of at least 4 members (excludes halogenated alkanes) is 2. The summed E-state index contributed by atoms with van der Waals surface area (Å²) in [5.74, 6) is -14.5. The van der Waals surface area contributed by atoms with Crippen molar-refractivity contribution in [2.75, 3.05) is 12.4 Å². The van der Waals surface area contributed by atoms with Gasteiger partial charge in [0.2, 0.25) is 0 Å². The molecule has 0 amide bonds. The molecular formula is C42H36F6OS3. The smallest absolute Gasteiger partial charge is 0.380 e. The maximum atomic E-state index is 16.3. The van der Waals surface area contributed by atoms with Gasteiger partial charge in [0, 0.05) is 47.3 Å². The fraction of sp³-hybridized carbons (Fsp3) is 0.286. The summed E-state index contributed by atoms with van der Waals surface area (Å²) in [6, 6.07) is 24.4. The highest BCUT2D eigenvalue weighted by molar-refractivity contribution is 7.80. The average Bonchev–Trinajstić information content (AvgIpc) is 3.60. The Bertz CT molecular complexity index is 2300. The second-order valence-electron chi connectivity index (χ2n) is 13.3. The summed E-state index contributed by atoms with van der Waals surface area (Å²) in [6.07, 6.45) is 2.86. The van der Waals surface area contributed by atoms with Gasteiger partial charge in [-0.3, -0.25) is 0 Å². The van der Waals surface area contributed by atoms with Crippen LogP contribution in [0.15, 0.2) is 78.9 Å². The van der Waals surface area contributed by atoms with E-state index in [-0.39, 0.29) is 32.0 Å². The van der Waals surface area contributed by atoms with Gasteiger partial charge in [-0.05, 0) is 121 Å². The van der Waals surface area contributed by atoms with Crippen LogP contribution >= 0.6 is 35.3 Å². The topological polar surface area (TPSA) is 9.23 Å². The number of allylic oxidation sites excluding steroid dienone is 2. The molecule has 7 rings (SSSR count). The first kappa shape index (κ1) is 36.6. The van der Waals surface area contributed by atoms with Crippen LogP contribution in [0.1, 0.15) is 51.3 Å². The number of thiol groups is 1. The van der Waals surface area contributed by atoms with E-state index in [1.54, 1.807) is 38.1 Å². The summed E-state index contributed by atoms with van der Waals surface area (Å²) in [6.45, 7) is 6.71. The summed E-state index contributed by atoms with van der Waals surface area (Å²) in [7, 11) is 0. The van der Waals surface area contributed by atoms with Gasteiger partial charge in [0.05, 0.1) is 6.61 Å². The van der Waals surface area contributed by atoms with Crippen molar-refractivity contribution in [3.8, 4) is 26.6 Å². The van der Waals surface area contributed by atoms with E-state index in [4.69, 9.17) is 4.74 Å². The highest BCUT2D eigenvalue weighted by Crippen LogP contribution is 2.67. The standard InChI is InChI=1S/C42H36F6OS3/c1-23-33(25(3)51-38(23)27-16-18-30(19-17-27)49-20-10-5-11-21-50)36-37(41(45,46)42(47,48)40(36,43)44)34-24(2)39(52-26(34)4)35-31-14-8-6-12-28(31)22-29-13-7-9-15-32(29)35/h6-9,12-19,22,50H,5,10-11,20-21H2,1-4H3. The minimum Gasteiger partial charge on any atom is -0.494 e. The maximum Gasteiger partial charge on any atom is 0.380 e. The van der Waals surface area contributed by atoms with Crippen molar-refractivity contribution in [3.63, 3.8) is 0 Å². The van der Waals surface area contributed by atoms with E-state index in [0.29, 0.717) is 27.7 Å². The fourth-order valence-electron chi connectivity index (χ4n) is 7.49. The van der Waals surface area contributed by atoms with E-state index in [2.05, 4.69) is 12.6 Å². The third-order valence-electron chi connectivity index (χ3n) is 10.00. The van der Waals surface area contributed by atoms with Crippen molar-refractivity contribution in [2.24, 2.45) is 0 Å². The molecule has 0 bridgehead atoms. The van der Waals surface area contributed by atoms with E-state index < -0.39 is 28.9 Å². The number of benzene rings is 4. The van der Waals surface area contributed by atoms with Crippen LogP contribution in [-0.4, -0.2) is 30.1 Å². The van der Waals surface area contributed by atoms with Gasteiger partial charge in [-0.1, -0.05) is 48.5 Å². The quantitative estimate of drug-likeness (QED) is 0.0632. The zero-order chi connectivity index (χ0) is 37.2. The number of halogens is 6. The lowest BCUT2D eigenvalue weighted by Gasteiger charge is -2.26. The minimum atomic E-state index is -5.66. The number of thiophene rings is 2. The van der Waals surface area contributed by atoms with E-state index in [0.717, 1.165) is 74.8 Å².